The number of thioether (sulfide) groups is 1. The SMILES string of the molecule is CCCNC1CCC(Sc2ccc(F)cc2F)C1. The fourth-order valence-corrected chi connectivity index (χ4v) is 3.59. The molecule has 0 radical (unpaired) electrons. The van der Waals surface area contributed by atoms with E-state index >= 15 is 0 Å². The maximum Gasteiger partial charge on any atom is 0.139 e. The molecule has 0 saturated heterocycles. The Bertz CT molecular complexity index is 397. The van der Waals surface area contributed by atoms with E-state index in [1.54, 1.807) is 17.8 Å². The van der Waals surface area contributed by atoms with Crippen molar-refractivity contribution in [3.05, 3.63) is 29.8 Å². The zero-order chi connectivity index (χ0) is 13.0. The Morgan fingerprint density at radius 3 is 2.89 bits per heavy atom. The van der Waals surface area contributed by atoms with Crippen molar-refractivity contribution in [1.29, 1.82) is 0 Å². The van der Waals surface area contributed by atoms with Gasteiger partial charge in [-0.1, -0.05) is 6.92 Å². The first-order valence-electron chi connectivity index (χ1n) is 6.54. The van der Waals surface area contributed by atoms with Gasteiger partial charge in [0.15, 0.2) is 0 Å². The Hall–Kier alpha value is -0.610. The van der Waals surface area contributed by atoms with Crippen molar-refractivity contribution in [1.82, 2.24) is 5.32 Å². The second-order valence-corrected chi connectivity index (χ2v) is 6.12. The molecule has 0 amide bonds. The van der Waals surface area contributed by atoms with Crippen LogP contribution in [0.4, 0.5) is 8.78 Å². The van der Waals surface area contributed by atoms with Crippen LogP contribution in [0.3, 0.4) is 0 Å². The molecule has 0 bridgehead atoms. The Morgan fingerprint density at radius 2 is 2.17 bits per heavy atom. The molecule has 2 unspecified atom stereocenters. The smallest absolute Gasteiger partial charge is 0.139 e. The van der Waals surface area contributed by atoms with E-state index in [0.717, 1.165) is 38.3 Å². The van der Waals surface area contributed by atoms with E-state index in [2.05, 4.69) is 12.2 Å². The van der Waals surface area contributed by atoms with Crippen LogP contribution in [0.15, 0.2) is 23.1 Å². The summed E-state index contributed by atoms with van der Waals surface area (Å²) in [4.78, 5) is 0.567. The molecule has 0 aromatic heterocycles. The van der Waals surface area contributed by atoms with Crippen molar-refractivity contribution in [2.45, 2.75) is 48.8 Å². The van der Waals surface area contributed by atoms with E-state index in [1.165, 1.54) is 6.07 Å². The minimum Gasteiger partial charge on any atom is -0.314 e. The molecule has 1 aliphatic rings. The van der Waals surface area contributed by atoms with Crippen molar-refractivity contribution < 1.29 is 8.78 Å². The molecule has 1 fully saturated rings. The number of rotatable bonds is 5. The van der Waals surface area contributed by atoms with Gasteiger partial charge in [-0.3, -0.25) is 0 Å². The molecule has 1 nitrogen and oxygen atoms in total. The van der Waals surface area contributed by atoms with Gasteiger partial charge in [0, 0.05) is 22.3 Å². The molecule has 2 rings (SSSR count). The highest BCUT2D eigenvalue weighted by Crippen LogP contribution is 2.36. The zero-order valence-corrected chi connectivity index (χ0v) is 11.4. The third-order valence-corrected chi connectivity index (χ3v) is 4.60. The highest BCUT2D eigenvalue weighted by molar-refractivity contribution is 8.00. The van der Waals surface area contributed by atoms with E-state index in [-0.39, 0.29) is 0 Å². The minimum atomic E-state index is -0.509. The van der Waals surface area contributed by atoms with Crippen LogP contribution in [0.1, 0.15) is 32.6 Å². The molecular formula is C14H19F2NS. The van der Waals surface area contributed by atoms with Gasteiger partial charge in [0.25, 0.3) is 0 Å². The molecule has 1 aromatic rings. The van der Waals surface area contributed by atoms with Gasteiger partial charge in [0.2, 0.25) is 0 Å². The summed E-state index contributed by atoms with van der Waals surface area (Å²) in [6.45, 7) is 3.20. The third-order valence-electron chi connectivity index (χ3n) is 3.26. The number of halogens is 2. The fourth-order valence-electron chi connectivity index (χ4n) is 2.33. The molecule has 1 saturated carbocycles. The summed E-state index contributed by atoms with van der Waals surface area (Å²) in [7, 11) is 0. The summed E-state index contributed by atoms with van der Waals surface area (Å²) >= 11 is 1.54. The van der Waals surface area contributed by atoms with Gasteiger partial charge in [-0.25, -0.2) is 8.78 Å². The number of hydrogen-bond acceptors (Lipinski definition) is 2. The van der Waals surface area contributed by atoms with Crippen LogP contribution in [0.5, 0.6) is 0 Å². The summed E-state index contributed by atoms with van der Waals surface area (Å²) in [5.74, 6) is -0.948. The molecule has 0 heterocycles. The lowest BCUT2D eigenvalue weighted by Gasteiger charge is -2.12. The Labute approximate surface area is 111 Å². The predicted molar refractivity (Wildman–Crippen MR) is 71.9 cm³/mol. The molecule has 4 heteroatoms. The molecule has 0 spiro atoms. The topological polar surface area (TPSA) is 12.0 Å². The molecule has 100 valence electrons. The van der Waals surface area contributed by atoms with Crippen LogP contribution in [-0.2, 0) is 0 Å². The molecule has 1 aromatic carbocycles. The van der Waals surface area contributed by atoms with Gasteiger partial charge in [-0.15, -0.1) is 11.8 Å². The zero-order valence-electron chi connectivity index (χ0n) is 10.6. The van der Waals surface area contributed by atoms with E-state index in [1.807, 2.05) is 0 Å². The van der Waals surface area contributed by atoms with Gasteiger partial charge in [-0.05, 0) is 44.4 Å². The first kappa shape index (κ1) is 13.8. The molecule has 1 N–H and O–H groups in total. The summed E-state index contributed by atoms with van der Waals surface area (Å²) < 4.78 is 26.3. The average molecular weight is 271 g/mol. The lowest BCUT2D eigenvalue weighted by atomic mass is 10.2. The highest BCUT2D eigenvalue weighted by Gasteiger charge is 2.25. The monoisotopic (exact) mass is 271 g/mol. The van der Waals surface area contributed by atoms with Crippen LogP contribution < -0.4 is 5.32 Å². The minimum absolute atomic E-state index is 0.440. The third kappa shape index (κ3) is 3.69. The van der Waals surface area contributed by atoms with E-state index < -0.39 is 11.6 Å². The van der Waals surface area contributed by atoms with Crippen molar-refractivity contribution >= 4 is 11.8 Å². The number of hydrogen-bond donors (Lipinski definition) is 1. The van der Waals surface area contributed by atoms with Crippen LogP contribution in [0.2, 0.25) is 0 Å². The lowest BCUT2D eigenvalue weighted by molar-refractivity contribution is 0.524. The van der Waals surface area contributed by atoms with Crippen LogP contribution in [0.25, 0.3) is 0 Å². The van der Waals surface area contributed by atoms with Gasteiger partial charge < -0.3 is 5.32 Å². The molecule has 1 aliphatic carbocycles. The molecule has 18 heavy (non-hydrogen) atoms. The van der Waals surface area contributed by atoms with Crippen LogP contribution in [0, 0.1) is 11.6 Å². The molecule has 0 aliphatic heterocycles. The second kappa shape index (κ2) is 6.53. The highest BCUT2D eigenvalue weighted by atomic mass is 32.2. The van der Waals surface area contributed by atoms with Gasteiger partial charge in [0.1, 0.15) is 11.6 Å². The normalized spacial score (nSPS) is 23.5. The van der Waals surface area contributed by atoms with Crippen molar-refractivity contribution in [2.75, 3.05) is 6.54 Å². The maximum atomic E-state index is 13.5. The maximum absolute atomic E-state index is 13.5. The Kier molecular flexibility index (Phi) is 5.01. The van der Waals surface area contributed by atoms with Gasteiger partial charge >= 0.3 is 0 Å². The second-order valence-electron chi connectivity index (χ2n) is 4.78. The molecule has 2 atom stereocenters. The van der Waals surface area contributed by atoms with Crippen molar-refractivity contribution in [3.8, 4) is 0 Å². The van der Waals surface area contributed by atoms with Crippen LogP contribution in [-0.4, -0.2) is 17.8 Å². The van der Waals surface area contributed by atoms with E-state index in [0.29, 0.717) is 16.2 Å². The van der Waals surface area contributed by atoms with E-state index in [9.17, 15) is 8.78 Å². The van der Waals surface area contributed by atoms with Crippen molar-refractivity contribution in [2.24, 2.45) is 0 Å². The Balaban J connectivity index is 1.87. The van der Waals surface area contributed by atoms with Gasteiger partial charge in [0.05, 0.1) is 0 Å². The quantitative estimate of drug-likeness (QED) is 0.869. The summed E-state index contributed by atoms with van der Waals surface area (Å²) in [5.41, 5.74) is 0. The van der Waals surface area contributed by atoms with E-state index in [4.69, 9.17) is 0 Å². The van der Waals surface area contributed by atoms with Crippen molar-refractivity contribution in [3.63, 3.8) is 0 Å². The summed E-state index contributed by atoms with van der Waals surface area (Å²) in [5, 5.41) is 3.95. The predicted octanol–water partition coefficient (Wildman–Crippen LogP) is 3.98. The van der Waals surface area contributed by atoms with Crippen LogP contribution >= 0.6 is 11.8 Å². The largest absolute Gasteiger partial charge is 0.314 e. The number of benzene rings is 1. The fraction of sp³-hybridized carbons (Fsp3) is 0.571. The average Bonchev–Trinajstić information content (AvgIpc) is 2.78. The summed E-state index contributed by atoms with van der Waals surface area (Å²) in [6, 6.07) is 4.39. The summed E-state index contributed by atoms with van der Waals surface area (Å²) in [6.07, 6.45) is 4.46. The number of nitrogens with one attached hydrogen (secondary N) is 1. The first-order valence-corrected chi connectivity index (χ1v) is 7.42. The first-order chi connectivity index (χ1) is 8.69. The lowest BCUT2D eigenvalue weighted by Crippen LogP contribution is -2.27. The standard InChI is InChI=1S/C14H19F2NS/c1-2-7-17-11-4-5-12(9-11)18-14-6-3-10(15)8-13(14)16/h3,6,8,11-12,17H,2,4-5,7,9H2,1H3. The molecular weight excluding hydrogens is 252 g/mol. The van der Waals surface area contributed by atoms with Gasteiger partial charge in [-0.2, -0.15) is 0 Å². The Morgan fingerprint density at radius 1 is 1.33 bits per heavy atom.